The number of nitrogens with zero attached hydrogens (tertiary/aromatic N) is 2. The van der Waals surface area contributed by atoms with Crippen LogP contribution in [0, 0.1) is 24.1 Å². The van der Waals surface area contributed by atoms with Crippen molar-refractivity contribution in [1.29, 1.82) is 5.26 Å². The lowest BCUT2D eigenvalue weighted by atomic mass is 10.1. The molecule has 0 aromatic heterocycles. The Morgan fingerprint density at radius 2 is 1.95 bits per heavy atom. The van der Waals surface area contributed by atoms with Crippen molar-refractivity contribution < 1.29 is 4.39 Å². The summed E-state index contributed by atoms with van der Waals surface area (Å²) in [5, 5.41) is 8.84. The number of para-hydroxylation sites is 1. The lowest BCUT2D eigenvalue weighted by Crippen LogP contribution is -2.18. The number of benzene rings is 2. The van der Waals surface area contributed by atoms with E-state index in [4.69, 9.17) is 5.26 Å². The molecule has 19 heavy (non-hydrogen) atoms. The molecule has 0 amide bonds. The average molecular weight is 254 g/mol. The van der Waals surface area contributed by atoms with E-state index in [9.17, 15) is 4.39 Å². The highest BCUT2D eigenvalue weighted by Gasteiger charge is 2.08. The van der Waals surface area contributed by atoms with Crippen molar-refractivity contribution in [2.24, 2.45) is 0 Å². The van der Waals surface area contributed by atoms with Crippen LogP contribution in [0.5, 0.6) is 0 Å². The maximum atomic E-state index is 13.7. The molecule has 0 heterocycles. The van der Waals surface area contributed by atoms with Crippen LogP contribution in [0.25, 0.3) is 0 Å². The molecule has 96 valence electrons. The number of hydrogen-bond acceptors (Lipinski definition) is 2. The van der Waals surface area contributed by atoms with E-state index < -0.39 is 0 Å². The quantitative estimate of drug-likeness (QED) is 0.836. The fraction of sp³-hybridized carbons (Fsp3) is 0.188. The van der Waals surface area contributed by atoms with E-state index in [0.717, 1.165) is 11.1 Å². The zero-order valence-corrected chi connectivity index (χ0v) is 11.0. The first-order valence-electron chi connectivity index (χ1n) is 6.07. The Morgan fingerprint density at radius 1 is 1.21 bits per heavy atom. The summed E-state index contributed by atoms with van der Waals surface area (Å²) in [6, 6.07) is 14.4. The van der Waals surface area contributed by atoms with Crippen LogP contribution in [0.4, 0.5) is 10.1 Å². The van der Waals surface area contributed by atoms with Crippen molar-refractivity contribution in [2.45, 2.75) is 13.5 Å². The highest BCUT2D eigenvalue weighted by atomic mass is 19.1. The molecule has 2 rings (SSSR count). The Morgan fingerprint density at radius 3 is 2.58 bits per heavy atom. The molecule has 0 unspecified atom stereocenters. The third-order valence-corrected chi connectivity index (χ3v) is 3.14. The molecule has 0 fully saturated rings. The molecule has 0 spiro atoms. The predicted octanol–water partition coefficient (Wildman–Crippen LogP) is 3.64. The van der Waals surface area contributed by atoms with Crippen LogP contribution >= 0.6 is 0 Å². The SMILES string of the molecule is Cc1cc(C#N)ccc1CN(C)c1ccccc1F. The van der Waals surface area contributed by atoms with E-state index in [1.54, 1.807) is 18.2 Å². The number of aryl methyl sites for hydroxylation is 1. The second-order valence-corrected chi connectivity index (χ2v) is 4.56. The first-order chi connectivity index (χ1) is 9.11. The van der Waals surface area contributed by atoms with Crippen LogP contribution < -0.4 is 4.90 Å². The Labute approximate surface area is 112 Å². The van der Waals surface area contributed by atoms with Gasteiger partial charge in [0.05, 0.1) is 17.3 Å². The van der Waals surface area contributed by atoms with Crippen LogP contribution in [-0.2, 0) is 6.54 Å². The molecule has 2 aromatic rings. The van der Waals surface area contributed by atoms with Gasteiger partial charge < -0.3 is 4.90 Å². The Kier molecular flexibility index (Phi) is 3.82. The van der Waals surface area contributed by atoms with Crippen LogP contribution in [0.3, 0.4) is 0 Å². The van der Waals surface area contributed by atoms with Gasteiger partial charge in [0.25, 0.3) is 0 Å². The van der Waals surface area contributed by atoms with Gasteiger partial charge in [-0.05, 0) is 42.3 Å². The van der Waals surface area contributed by atoms with Gasteiger partial charge in [-0.1, -0.05) is 18.2 Å². The molecule has 0 aliphatic rings. The van der Waals surface area contributed by atoms with Gasteiger partial charge >= 0.3 is 0 Å². The Bertz CT molecular complexity index is 629. The van der Waals surface area contributed by atoms with Crippen LogP contribution in [0.15, 0.2) is 42.5 Å². The molecule has 0 aliphatic heterocycles. The molecule has 0 bridgehead atoms. The molecule has 3 heteroatoms. The highest BCUT2D eigenvalue weighted by molar-refractivity contribution is 5.48. The summed E-state index contributed by atoms with van der Waals surface area (Å²) in [6.07, 6.45) is 0. The molecule has 0 radical (unpaired) electrons. The summed E-state index contributed by atoms with van der Waals surface area (Å²) < 4.78 is 13.7. The van der Waals surface area contributed by atoms with E-state index in [1.165, 1.54) is 6.07 Å². The first-order valence-corrected chi connectivity index (χ1v) is 6.07. The largest absolute Gasteiger partial charge is 0.368 e. The maximum Gasteiger partial charge on any atom is 0.146 e. The molecule has 2 nitrogen and oxygen atoms in total. The molecule has 0 atom stereocenters. The molecule has 0 N–H and O–H groups in total. The lowest BCUT2D eigenvalue weighted by Gasteiger charge is -2.21. The maximum absolute atomic E-state index is 13.7. The Hall–Kier alpha value is -2.34. The van der Waals surface area contributed by atoms with E-state index in [2.05, 4.69) is 6.07 Å². The zero-order chi connectivity index (χ0) is 13.8. The summed E-state index contributed by atoms with van der Waals surface area (Å²) >= 11 is 0. The topological polar surface area (TPSA) is 27.0 Å². The van der Waals surface area contributed by atoms with Crippen LogP contribution in [-0.4, -0.2) is 7.05 Å². The van der Waals surface area contributed by atoms with Gasteiger partial charge in [-0.2, -0.15) is 5.26 Å². The molecule has 0 saturated heterocycles. The normalized spacial score (nSPS) is 10.0. The minimum absolute atomic E-state index is 0.226. The van der Waals surface area contributed by atoms with Crippen molar-refractivity contribution in [2.75, 3.05) is 11.9 Å². The van der Waals surface area contributed by atoms with Crippen molar-refractivity contribution in [3.05, 3.63) is 65.0 Å². The summed E-state index contributed by atoms with van der Waals surface area (Å²) in [5.74, 6) is -0.226. The highest BCUT2D eigenvalue weighted by Crippen LogP contribution is 2.20. The monoisotopic (exact) mass is 254 g/mol. The smallest absolute Gasteiger partial charge is 0.146 e. The summed E-state index contributed by atoms with van der Waals surface area (Å²) in [7, 11) is 1.86. The lowest BCUT2D eigenvalue weighted by molar-refractivity contribution is 0.622. The number of nitriles is 1. The minimum Gasteiger partial charge on any atom is -0.368 e. The molecular weight excluding hydrogens is 239 g/mol. The molecular formula is C16H15FN2. The van der Waals surface area contributed by atoms with Gasteiger partial charge in [0.15, 0.2) is 0 Å². The summed E-state index contributed by atoms with van der Waals surface area (Å²) in [4.78, 5) is 1.86. The number of halogens is 1. The standard InChI is InChI=1S/C16H15FN2/c1-12-9-13(10-18)7-8-14(12)11-19(2)16-6-4-3-5-15(16)17/h3-9H,11H2,1-2H3. The summed E-state index contributed by atoms with van der Waals surface area (Å²) in [5.41, 5.74) is 3.35. The van der Waals surface area contributed by atoms with Crippen molar-refractivity contribution >= 4 is 5.69 Å². The molecule has 0 aliphatic carbocycles. The van der Waals surface area contributed by atoms with E-state index >= 15 is 0 Å². The Balaban J connectivity index is 2.22. The van der Waals surface area contributed by atoms with Crippen LogP contribution in [0.1, 0.15) is 16.7 Å². The minimum atomic E-state index is -0.226. The van der Waals surface area contributed by atoms with Crippen molar-refractivity contribution in [3.63, 3.8) is 0 Å². The van der Waals surface area contributed by atoms with Gasteiger partial charge in [-0.3, -0.25) is 0 Å². The van der Waals surface area contributed by atoms with E-state index in [-0.39, 0.29) is 5.82 Å². The average Bonchev–Trinajstić information content (AvgIpc) is 2.41. The number of rotatable bonds is 3. The van der Waals surface area contributed by atoms with Gasteiger partial charge in [0.2, 0.25) is 0 Å². The first kappa shape index (κ1) is 13.1. The van der Waals surface area contributed by atoms with Gasteiger partial charge in [-0.15, -0.1) is 0 Å². The zero-order valence-electron chi connectivity index (χ0n) is 11.0. The fourth-order valence-corrected chi connectivity index (χ4v) is 2.04. The molecule has 2 aromatic carbocycles. The summed E-state index contributed by atoms with van der Waals surface area (Å²) in [6.45, 7) is 2.57. The number of anilines is 1. The third-order valence-electron chi connectivity index (χ3n) is 3.14. The van der Waals surface area contributed by atoms with E-state index in [1.807, 2.05) is 37.1 Å². The second-order valence-electron chi connectivity index (χ2n) is 4.56. The number of hydrogen-bond donors (Lipinski definition) is 0. The van der Waals surface area contributed by atoms with Gasteiger partial charge in [0, 0.05) is 13.6 Å². The van der Waals surface area contributed by atoms with Crippen LogP contribution in [0.2, 0.25) is 0 Å². The second kappa shape index (κ2) is 5.53. The molecule has 0 saturated carbocycles. The fourth-order valence-electron chi connectivity index (χ4n) is 2.04. The van der Waals surface area contributed by atoms with Crippen molar-refractivity contribution in [3.8, 4) is 6.07 Å². The van der Waals surface area contributed by atoms with Gasteiger partial charge in [0.1, 0.15) is 5.82 Å². The third kappa shape index (κ3) is 2.92. The van der Waals surface area contributed by atoms with E-state index in [0.29, 0.717) is 17.8 Å². The van der Waals surface area contributed by atoms with Crippen molar-refractivity contribution in [1.82, 2.24) is 0 Å². The van der Waals surface area contributed by atoms with Gasteiger partial charge in [-0.25, -0.2) is 4.39 Å². The predicted molar refractivity (Wildman–Crippen MR) is 74.4 cm³/mol.